The molecule has 0 aliphatic carbocycles. The van der Waals surface area contributed by atoms with E-state index in [0.29, 0.717) is 29.1 Å². The maximum atomic E-state index is 12.5. The summed E-state index contributed by atoms with van der Waals surface area (Å²) in [5.41, 5.74) is 2.00. The van der Waals surface area contributed by atoms with Gasteiger partial charge in [-0.25, -0.2) is 4.79 Å². The third-order valence-corrected chi connectivity index (χ3v) is 5.26. The first kappa shape index (κ1) is 23.5. The fourth-order valence-corrected chi connectivity index (χ4v) is 3.43. The average Bonchev–Trinajstić information content (AvgIpc) is 2.66. The van der Waals surface area contributed by atoms with Gasteiger partial charge in [-0.15, -0.1) is 0 Å². The van der Waals surface area contributed by atoms with E-state index in [-0.39, 0.29) is 23.0 Å². The highest BCUT2D eigenvalue weighted by molar-refractivity contribution is 5.90. The number of ketones is 1. The molecule has 0 radical (unpaired) electrons. The van der Waals surface area contributed by atoms with Crippen LogP contribution in [0.4, 0.5) is 0 Å². The smallest absolute Gasteiger partial charge is 0.343 e. The minimum Gasteiger partial charge on any atom is -0.507 e. The van der Waals surface area contributed by atoms with Gasteiger partial charge in [0.05, 0.1) is 18.1 Å². The molecule has 1 N–H and O–H groups in total. The number of fused-ring (bicyclic) bond motifs is 1. The van der Waals surface area contributed by atoms with E-state index in [9.17, 15) is 14.7 Å². The van der Waals surface area contributed by atoms with Gasteiger partial charge in [-0.1, -0.05) is 38.0 Å². The van der Waals surface area contributed by atoms with E-state index >= 15 is 0 Å². The molecular formula is C25H32O5. The second-order valence-electron chi connectivity index (χ2n) is 8.28. The number of hydrogen-bond donors (Lipinski definition) is 1. The van der Waals surface area contributed by atoms with E-state index in [1.165, 1.54) is 7.11 Å². The van der Waals surface area contributed by atoms with Gasteiger partial charge in [-0.2, -0.15) is 0 Å². The summed E-state index contributed by atoms with van der Waals surface area (Å²) in [4.78, 5) is 24.5. The fraction of sp³-hybridized carbons (Fsp3) is 0.440. The maximum Gasteiger partial charge on any atom is 0.343 e. The Bertz CT molecular complexity index is 1020. The third kappa shape index (κ3) is 5.85. The van der Waals surface area contributed by atoms with E-state index in [1.807, 2.05) is 40.7 Å². The van der Waals surface area contributed by atoms with Crippen molar-refractivity contribution in [2.24, 2.45) is 5.92 Å². The Morgan fingerprint density at radius 3 is 2.57 bits per heavy atom. The molecule has 0 bridgehead atoms. The molecule has 0 fully saturated rings. The minimum atomic E-state index is -0.552. The number of carbonyl (C=O) groups is 1. The van der Waals surface area contributed by atoms with Gasteiger partial charge in [-0.05, 0) is 50.8 Å². The zero-order valence-corrected chi connectivity index (χ0v) is 18.7. The van der Waals surface area contributed by atoms with Crippen LogP contribution in [0.25, 0.3) is 11.0 Å². The third-order valence-electron chi connectivity index (χ3n) is 5.26. The summed E-state index contributed by atoms with van der Waals surface area (Å²) < 4.78 is 10.6. The SMILES string of the molecule is COc1ccc2c(O)c([C@@H](C)C(C)=CCCC(C)=CC(=O)CC(C)C)c(=O)oc2c1. The maximum absolute atomic E-state index is 12.5. The van der Waals surface area contributed by atoms with Gasteiger partial charge in [0.1, 0.15) is 17.1 Å². The number of rotatable bonds is 9. The highest BCUT2D eigenvalue weighted by Gasteiger charge is 2.21. The van der Waals surface area contributed by atoms with Crippen LogP contribution < -0.4 is 10.4 Å². The largest absolute Gasteiger partial charge is 0.507 e. The van der Waals surface area contributed by atoms with Crippen molar-refractivity contribution < 1.29 is 19.1 Å². The normalized spacial score (nSPS) is 13.7. The summed E-state index contributed by atoms with van der Waals surface area (Å²) in [7, 11) is 1.53. The number of allylic oxidation sites excluding steroid dienone is 4. The zero-order chi connectivity index (χ0) is 22.4. The standard InChI is InChI=1S/C25H32O5/c1-15(2)12-19(26)13-16(3)8-7-9-17(4)18(5)23-24(27)21-11-10-20(29-6)14-22(21)30-25(23)28/h9-11,13-15,18,27H,7-8,12H2,1-6H3/t18-/m0/s1. The van der Waals surface area contributed by atoms with Crippen LogP contribution in [0.5, 0.6) is 11.5 Å². The van der Waals surface area contributed by atoms with Crippen molar-refractivity contribution in [3.8, 4) is 11.5 Å². The van der Waals surface area contributed by atoms with Crippen LogP contribution in [0.1, 0.15) is 65.4 Å². The van der Waals surface area contributed by atoms with Gasteiger partial charge >= 0.3 is 5.63 Å². The molecule has 162 valence electrons. The molecule has 1 atom stereocenters. The highest BCUT2D eigenvalue weighted by atomic mass is 16.5. The van der Waals surface area contributed by atoms with Gasteiger partial charge in [-0.3, -0.25) is 4.79 Å². The molecule has 0 amide bonds. The van der Waals surface area contributed by atoms with Crippen LogP contribution in [-0.4, -0.2) is 18.0 Å². The Morgan fingerprint density at radius 2 is 1.93 bits per heavy atom. The Hall–Kier alpha value is -2.82. The number of aromatic hydroxyl groups is 1. The van der Waals surface area contributed by atoms with Gasteiger partial charge < -0.3 is 14.3 Å². The number of methoxy groups -OCH3 is 1. The quantitative estimate of drug-likeness (QED) is 0.315. The number of carbonyl (C=O) groups excluding carboxylic acids is 1. The summed E-state index contributed by atoms with van der Waals surface area (Å²) in [5.74, 6) is 0.718. The van der Waals surface area contributed by atoms with Crippen molar-refractivity contribution in [2.75, 3.05) is 7.11 Å². The van der Waals surface area contributed by atoms with Crippen molar-refractivity contribution in [1.29, 1.82) is 0 Å². The molecule has 5 nitrogen and oxygen atoms in total. The van der Waals surface area contributed by atoms with Crippen molar-refractivity contribution >= 4 is 16.8 Å². The molecule has 0 unspecified atom stereocenters. The van der Waals surface area contributed by atoms with E-state index in [0.717, 1.165) is 24.0 Å². The second kappa shape index (κ2) is 10.3. The van der Waals surface area contributed by atoms with Gasteiger partial charge in [0.25, 0.3) is 0 Å². The first-order valence-electron chi connectivity index (χ1n) is 10.3. The lowest BCUT2D eigenvalue weighted by atomic mass is 9.92. The molecule has 2 rings (SSSR count). The molecule has 1 heterocycles. The second-order valence-corrected chi connectivity index (χ2v) is 8.28. The van der Waals surface area contributed by atoms with E-state index in [4.69, 9.17) is 9.15 Å². The van der Waals surface area contributed by atoms with Gasteiger partial charge in [0.2, 0.25) is 0 Å². The molecule has 5 heteroatoms. The fourth-order valence-electron chi connectivity index (χ4n) is 3.43. The minimum absolute atomic E-state index is 0.0560. The number of benzene rings is 1. The highest BCUT2D eigenvalue weighted by Crippen LogP contribution is 2.35. The predicted molar refractivity (Wildman–Crippen MR) is 120 cm³/mol. The van der Waals surface area contributed by atoms with Crippen molar-refractivity contribution in [1.82, 2.24) is 0 Å². The molecule has 0 saturated heterocycles. The van der Waals surface area contributed by atoms with Crippen LogP contribution >= 0.6 is 0 Å². The van der Waals surface area contributed by atoms with Crippen LogP contribution in [0.3, 0.4) is 0 Å². The Balaban J connectivity index is 2.18. The van der Waals surface area contributed by atoms with Crippen LogP contribution in [0.15, 0.2) is 50.7 Å². The summed E-state index contributed by atoms with van der Waals surface area (Å²) in [5, 5.41) is 11.2. The first-order chi connectivity index (χ1) is 14.1. The summed E-state index contributed by atoms with van der Waals surface area (Å²) in [6.07, 6.45) is 5.86. The van der Waals surface area contributed by atoms with Gasteiger partial charge in [0.15, 0.2) is 5.78 Å². The molecule has 0 aliphatic rings. The molecule has 1 aromatic heterocycles. The van der Waals surface area contributed by atoms with Crippen LogP contribution in [0, 0.1) is 5.92 Å². The van der Waals surface area contributed by atoms with Crippen LogP contribution in [-0.2, 0) is 4.79 Å². The van der Waals surface area contributed by atoms with E-state index < -0.39 is 5.63 Å². The molecule has 2 aromatic rings. The zero-order valence-electron chi connectivity index (χ0n) is 18.7. The van der Waals surface area contributed by atoms with Crippen molar-refractivity contribution in [2.45, 2.75) is 59.8 Å². The summed E-state index contributed by atoms with van der Waals surface area (Å²) in [6.45, 7) is 9.84. The lowest BCUT2D eigenvalue weighted by molar-refractivity contribution is -0.115. The molecular weight excluding hydrogens is 380 g/mol. The van der Waals surface area contributed by atoms with Crippen molar-refractivity contribution in [3.63, 3.8) is 0 Å². The Morgan fingerprint density at radius 1 is 1.23 bits per heavy atom. The summed E-state index contributed by atoms with van der Waals surface area (Å²) in [6, 6.07) is 4.99. The molecule has 30 heavy (non-hydrogen) atoms. The van der Waals surface area contributed by atoms with Crippen molar-refractivity contribution in [3.05, 3.63) is 57.5 Å². The Labute approximate surface area is 178 Å². The lowest BCUT2D eigenvalue weighted by Crippen LogP contribution is -2.12. The molecule has 0 spiro atoms. The van der Waals surface area contributed by atoms with Gasteiger partial charge in [0, 0.05) is 18.4 Å². The first-order valence-corrected chi connectivity index (χ1v) is 10.3. The molecule has 1 aromatic carbocycles. The Kier molecular flexibility index (Phi) is 8.04. The molecule has 0 saturated carbocycles. The average molecular weight is 413 g/mol. The monoisotopic (exact) mass is 412 g/mol. The summed E-state index contributed by atoms with van der Waals surface area (Å²) >= 11 is 0. The lowest BCUT2D eigenvalue weighted by Gasteiger charge is -2.15. The van der Waals surface area contributed by atoms with E-state index in [2.05, 4.69) is 0 Å². The van der Waals surface area contributed by atoms with Crippen LogP contribution in [0.2, 0.25) is 0 Å². The predicted octanol–water partition coefficient (Wildman–Crippen LogP) is 5.90. The van der Waals surface area contributed by atoms with E-state index in [1.54, 1.807) is 24.3 Å². The molecule has 0 aliphatic heterocycles. The number of ether oxygens (including phenoxy) is 1. The number of hydrogen-bond acceptors (Lipinski definition) is 5. The topological polar surface area (TPSA) is 76.7 Å².